The molecule has 1 saturated carbocycles. The Morgan fingerprint density at radius 1 is 1.33 bits per heavy atom. The molecule has 1 aliphatic carbocycles. The Balaban J connectivity index is 0.00000208. The first-order valence-electron chi connectivity index (χ1n) is 7.42. The summed E-state index contributed by atoms with van der Waals surface area (Å²) in [5.74, 6) is 0.538. The van der Waals surface area contributed by atoms with E-state index in [0.29, 0.717) is 13.1 Å². The van der Waals surface area contributed by atoms with Crippen LogP contribution >= 0.6 is 12.4 Å². The fraction of sp³-hybridized carbons (Fsp3) is 0.571. The van der Waals surface area contributed by atoms with E-state index in [9.17, 15) is 18.5 Å². The SMILES string of the molecule is COc1ccc([N+](=O)[O-])cc1S(=O)(=O)N1CC2CCC(N)C2C1.Cl. The van der Waals surface area contributed by atoms with Gasteiger partial charge in [0.05, 0.1) is 12.0 Å². The molecule has 1 aromatic rings. The van der Waals surface area contributed by atoms with Crippen LogP contribution in [0, 0.1) is 22.0 Å². The van der Waals surface area contributed by atoms with Crippen molar-refractivity contribution >= 4 is 28.1 Å². The molecular weight excluding hydrogens is 358 g/mol. The van der Waals surface area contributed by atoms with Crippen LogP contribution in [-0.2, 0) is 10.0 Å². The number of rotatable bonds is 4. The molecule has 3 unspecified atom stereocenters. The van der Waals surface area contributed by atoms with Gasteiger partial charge in [-0.15, -0.1) is 12.4 Å². The van der Waals surface area contributed by atoms with E-state index in [-0.39, 0.29) is 46.6 Å². The van der Waals surface area contributed by atoms with E-state index < -0.39 is 14.9 Å². The lowest BCUT2D eigenvalue weighted by Crippen LogP contribution is -2.33. The highest BCUT2D eigenvalue weighted by atomic mass is 35.5. The van der Waals surface area contributed by atoms with Crippen LogP contribution in [0.25, 0.3) is 0 Å². The van der Waals surface area contributed by atoms with E-state index in [1.165, 1.54) is 23.5 Å². The van der Waals surface area contributed by atoms with Crippen LogP contribution in [0.1, 0.15) is 12.8 Å². The first-order chi connectivity index (χ1) is 10.8. The van der Waals surface area contributed by atoms with E-state index in [2.05, 4.69) is 0 Å². The molecule has 1 heterocycles. The van der Waals surface area contributed by atoms with Crippen molar-refractivity contribution in [3.8, 4) is 5.75 Å². The Labute approximate surface area is 146 Å². The minimum Gasteiger partial charge on any atom is -0.495 e. The van der Waals surface area contributed by atoms with Gasteiger partial charge in [0.2, 0.25) is 10.0 Å². The lowest BCUT2D eigenvalue weighted by Gasteiger charge is -2.19. The Morgan fingerprint density at radius 3 is 2.62 bits per heavy atom. The van der Waals surface area contributed by atoms with Crippen LogP contribution in [0.3, 0.4) is 0 Å². The zero-order chi connectivity index (χ0) is 16.8. The molecule has 3 rings (SSSR count). The Kier molecular flexibility index (Phi) is 5.38. The topological polar surface area (TPSA) is 116 Å². The van der Waals surface area contributed by atoms with Gasteiger partial charge < -0.3 is 10.5 Å². The number of non-ortho nitro benzene ring substituents is 1. The molecule has 2 aliphatic rings. The monoisotopic (exact) mass is 377 g/mol. The number of benzene rings is 1. The third kappa shape index (κ3) is 3.08. The van der Waals surface area contributed by atoms with E-state index >= 15 is 0 Å². The lowest BCUT2D eigenvalue weighted by molar-refractivity contribution is -0.385. The lowest BCUT2D eigenvalue weighted by atomic mass is 9.98. The van der Waals surface area contributed by atoms with Gasteiger partial charge in [-0.1, -0.05) is 0 Å². The largest absolute Gasteiger partial charge is 0.495 e. The number of hydrogen-bond donors (Lipinski definition) is 1. The van der Waals surface area contributed by atoms with Crippen molar-refractivity contribution in [2.75, 3.05) is 20.2 Å². The van der Waals surface area contributed by atoms with Crippen LogP contribution in [0.15, 0.2) is 23.1 Å². The minimum absolute atomic E-state index is 0. The molecule has 0 radical (unpaired) electrons. The molecule has 0 amide bonds. The maximum atomic E-state index is 12.9. The molecule has 3 atom stereocenters. The number of halogens is 1. The third-order valence-corrected chi connectivity index (χ3v) is 6.71. The van der Waals surface area contributed by atoms with E-state index in [1.807, 2.05) is 0 Å². The summed E-state index contributed by atoms with van der Waals surface area (Å²) in [4.78, 5) is 10.2. The van der Waals surface area contributed by atoms with Crippen molar-refractivity contribution in [2.24, 2.45) is 17.6 Å². The molecule has 24 heavy (non-hydrogen) atoms. The Morgan fingerprint density at radius 2 is 2.04 bits per heavy atom. The van der Waals surface area contributed by atoms with Gasteiger partial charge in [0.15, 0.2) is 0 Å². The summed E-state index contributed by atoms with van der Waals surface area (Å²) in [6.07, 6.45) is 1.84. The highest BCUT2D eigenvalue weighted by Gasteiger charge is 2.45. The highest BCUT2D eigenvalue weighted by molar-refractivity contribution is 7.89. The molecule has 2 N–H and O–H groups in total. The molecule has 10 heteroatoms. The normalized spacial score (nSPS) is 26.7. The molecule has 134 valence electrons. The van der Waals surface area contributed by atoms with Crippen LogP contribution in [0.2, 0.25) is 0 Å². The zero-order valence-corrected chi connectivity index (χ0v) is 14.8. The van der Waals surface area contributed by atoms with Gasteiger partial charge >= 0.3 is 0 Å². The van der Waals surface area contributed by atoms with Crippen LogP contribution in [0.5, 0.6) is 5.75 Å². The number of nitrogens with two attached hydrogens (primary N) is 1. The van der Waals surface area contributed by atoms with Crippen LogP contribution in [-0.4, -0.2) is 43.9 Å². The van der Waals surface area contributed by atoms with Gasteiger partial charge in [0, 0.05) is 31.3 Å². The fourth-order valence-electron chi connectivity index (χ4n) is 3.58. The van der Waals surface area contributed by atoms with Gasteiger partial charge in [0.1, 0.15) is 10.6 Å². The number of hydrogen-bond acceptors (Lipinski definition) is 6. The van der Waals surface area contributed by atoms with Gasteiger partial charge in [-0.05, 0) is 30.7 Å². The van der Waals surface area contributed by atoms with Gasteiger partial charge in [0.25, 0.3) is 5.69 Å². The van der Waals surface area contributed by atoms with Crippen molar-refractivity contribution in [1.29, 1.82) is 0 Å². The van der Waals surface area contributed by atoms with Crippen molar-refractivity contribution < 1.29 is 18.1 Å². The number of nitro benzene ring substituents is 1. The molecule has 8 nitrogen and oxygen atoms in total. The molecular formula is C14H20ClN3O5S. The zero-order valence-electron chi connectivity index (χ0n) is 13.1. The second-order valence-corrected chi connectivity index (χ2v) is 7.99. The number of ether oxygens (including phenoxy) is 1. The van der Waals surface area contributed by atoms with Crippen molar-refractivity contribution in [2.45, 2.75) is 23.8 Å². The second-order valence-electron chi connectivity index (χ2n) is 6.08. The number of nitrogens with zero attached hydrogens (tertiary/aromatic N) is 2. The number of nitro groups is 1. The average molecular weight is 378 g/mol. The predicted molar refractivity (Wildman–Crippen MR) is 89.8 cm³/mol. The number of methoxy groups -OCH3 is 1. The summed E-state index contributed by atoms with van der Waals surface area (Å²) in [5, 5.41) is 10.9. The summed E-state index contributed by atoms with van der Waals surface area (Å²) in [7, 11) is -2.51. The van der Waals surface area contributed by atoms with E-state index in [1.54, 1.807) is 0 Å². The van der Waals surface area contributed by atoms with Crippen molar-refractivity contribution in [3.63, 3.8) is 0 Å². The number of sulfonamides is 1. The molecule has 2 fully saturated rings. The van der Waals surface area contributed by atoms with Crippen molar-refractivity contribution in [3.05, 3.63) is 28.3 Å². The first-order valence-corrected chi connectivity index (χ1v) is 8.86. The fourth-order valence-corrected chi connectivity index (χ4v) is 5.29. The standard InChI is InChI=1S/C14H19N3O5S.ClH/c1-22-13-5-3-10(17(18)19)6-14(13)23(20,21)16-7-9-2-4-12(15)11(9)8-16;/h3,5-6,9,11-12H,2,4,7-8,15H2,1H3;1H. The molecule has 1 aromatic carbocycles. The molecule has 0 aromatic heterocycles. The van der Waals surface area contributed by atoms with Crippen molar-refractivity contribution in [1.82, 2.24) is 4.31 Å². The second kappa shape index (κ2) is 6.83. The summed E-state index contributed by atoms with van der Waals surface area (Å²) < 4.78 is 32.3. The predicted octanol–water partition coefficient (Wildman–Crippen LogP) is 1.38. The van der Waals surface area contributed by atoms with Crippen LogP contribution < -0.4 is 10.5 Å². The third-order valence-electron chi connectivity index (χ3n) is 4.85. The smallest absolute Gasteiger partial charge is 0.271 e. The summed E-state index contributed by atoms with van der Waals surface area (Å²) in [6, 6.07) is 3.62. The van der Waals surface area contributed by atoms with E-state index in [0.717, 1.165) is 18.9 Å². The van der Waals surface area contributed by atoms with Gasteiger partial charge in [-0.3, -0.25) is 10.1 Å². The maximum Gasteiger partial charge on any atom is 0.271 e. The Bertz CT molecular complexity index is 742. The molecule has 0 spiro atoms. The Hall–Kier alpha value is -1.42. The molecule has 1 aliphatic heterocycles. The quantitative estimate of drug-likeness (QED) is 0.626. The summed E-state index contributed by atoms with van der Waals surface area (Å²) >= 11 is 0. The molecule has 0 bridgehead atoms. The number of fused-ring (bicyclic) bond motifs is 1. The summed E-state index contributed by atoms with van der Waals surface area (Å²) in [6.45, 7) is 0.770. The van der Waals surface area contributed by atoms with Gasteiger partial charge in [-0.2, -0.15) is 4.31 Å². The molecule has 1 saturated heterocycles. The first kappa shape index (κ1) is 18.9. The summed E-state index contributed by atoms with van der Waals surface area (Å²) in [5.41, 5.74) is 5.77. The maximum absolute atomic E-state index is 12.9. The van der Waals surface area contributed by atoms with Crippen LogP contribution in [0.4, 0.5) is 5.69 Å². The minimum atomic E-state index is -3.85. The van der Waals surface area contributed by atoms with E-state index in [4.69, 9.17) is 10.5 Å². The van der Waals surface area contributed by atoms with Gasteiger partial charge in [-0.25, -0.2) is 8.42 Å². The highest BCUT2D eigenvalue weighted by Crippen LogP contribution is 2.40. The average Bonchev–Trinajstić information content (AvgIpc) is 3.09.